The van der Waals surface area contributed by atoms with Gasteiger partial charge in [0, 0.05) is 17.9 Å². The van der Waals surface area contributed by atoms with Crippen LogP contribution in [-0.2, 0) is 14.5 Å². The Hall–Kier alpha value is -1.65. The van der Waals surface area contributed by atoms with Crippen molar-refractivity contribution in [2.24, 2.45) is 11.3 Å². The lowest BCUT2D eigenvalue weighted by molar-refractivity contribution is -0.484. The largest absolute Gasteiger partial charge is 0.344 e. The van der Waals surface area contributed by atoms with Crippen LogP contribution in [0.1, 0.15) is 58.4 Å². The standard InChI is InChI=1S/C27H33ClO3/c1-5-26(3,4)23-14-16-27(17-15-23)29-18-25(30-31-27)19(2)20-6-8-21(9-7-20)22-10-12-24(28)13-11-22/h6-13,23,25H,2,5,14-18H2,1,3-4H3. The Kier molecular flexibility index (Phi) is 6.60. The summed E-state index contributed by atoms with van der Waals surface area (Å²) in [4.78, 5) is 11.7. The highest BCUT2D eigenvalue weighted by Crippen LogP contribution is 2.46. The molecule has 1 atom stereocenters. The predicted molar refractivity (Wildman–Crippen MR) is 127 cm³/mol. The molecular formula is C27H33ClO3. The van der Waals surface area contributed by atoms with Crippen LogP contribution in [0.25, 0.3) is 16.7 Å². The maximum atomic E-state index is 6.24. The zero-order valence-corrected chi connectivity index (χ0v) is 19.6. The SMILES string of the molecule is C=C(c1ccc(-c2ccc(Cl)cc2)cc1)C1COC2(CCC(C(C)(C)CC)CC2)OO1. The molecule has 0 amide bonds. The van der Waals surface area contributed by atoms with E-state index in [1.165, 1.54) is 6.42 Å². The Labute approximate surface area is 191 Å². The van der Waals surface area contributed by atoms with Crippen LogP contribution in [0.2, 0.25) is 5.02 Å². The molecule has 1 aliphatic heterocycles. The van der Waals surface area contributed by atoms with Crippen molar-refractivity contribution in [2.45, 2.75) is 64.8 Å². The van der Waals surface area contributed by atoms with E-state index in [0.717, 1.165) is 53.0 Å². The van der Waals surface area contributed by atoms with Crippen LogP contribution in [0.4, 0.5) is 0 Å². The number of hydrogen-bond donors (Lipinski definition) is 0. The van der Waals surface area contributed by atoms with E-state index in [1.807, 2.05) is 24.3 Å². The third kappa shape index (κ3) is 4.90. The van der Waals surface area contributed by atoms with E-state index in [2.05, 4.69) is 51.6 Å². The average Bonchev–Trinajstić information content (AvgIpc) is 2.80. The molecule has 0 aromatic heterocycles. The van der Waals surface area contributed by atoms with Gasteiger partial charge in [0.2, 0.25) is 5.79 Å². The Balaban J connectivity index is 1.34. The summed E-state index contributed by atoms with van der Waals surface area (Å²) < 4.78 is 6.24. The van der Waals surface area contributed by atoms with E-state index in [-0.39, 0.29) is 6.10 Å². The van der Waals surface area contributed by atoms with Gasteiger partial charge in [0.25, 0.3) is 0 Å². The minimum absolute atomic E-state index is 0.295. The summed E-state index contributed by atoms with van der Waals surface area (Å²) >= 11 is 5.99. The molecule has 1 saturated heterocycles. The number of halogens is 1. The van der Waals surface area contributed by atoms with Gasteiger partial charge in [-0.25, -0.2) is 9.78 Å². The monoisotopic (exact) mass is 440 g/mol. The quantitative estimate of drug-likeness (QED) is 0.446. The normalized spacial score (nSPS) is 26.7. The first-order chi connectivity index (χ1) is 14.8. The molecule has 2 aromatic rings. The van der Waals surface area contributed by atoms with Gasteiger partial charge in [-0.3, -0.25) is 0 Å². The molecule has 4 heteroatoms. The molecule has 0 bridgehead atoms. The Morgan fingerprint density at radius 1 is 1.03 bits per heavy atom. The van der Waals surface area contributed by atoms with Gasteiger partial charge in [0.15, 0.2) is 0 Å². The molecule has 1 saturated carbocycles. The molecule has 3 nitrogen and oxygen atoms in total. The summed E-state index contributed by atoms with van der Waals surface area (Å²) in [6.07, 6.45) is 4.90. The molecule has 1 aliphatic carbocycles. The molecular weight excluding hydrogens is 408 g/mol. The smallest absolute Gasteiger partial charge is 0.201 e. The van der Waals surface area contributed by atoms with Crippen LogP contribution in [0, 0.1) is 11.3 Å². The molecule has 2 fully saturated rings. The van der Waals surface area contributed by atoms with Gasteiger partial charge in [-0.15, -0.1) is 0 Å². The van der Waals surface area contributed by atoms with Crippen molar-refractivity contribution >= 4 is 17.2 Å². The highest BCUT2D eigenvalue weighted by Gasteiger charge is 2.45. The first-order valence-corrected chi connectivity index (χ1v) is 11.7. The van der Waals surface area contributed by atoms with Crippen LogP contribution in [-0.4, -0.2) is 18.5 Å². The summed E-state index contributed by atoms with van der Waals surface area (Å²) in [5, 5.41) is 0.739. The summed E-state index contributed by atoms with van der Waals surface area (Å²) in [6.45, 7) is 11.7. The van der Waals surface area contributed by atoms with Crippen LogP contribution in [0.3, 0.4) is 0 Å². The molecule has 1 heterocycles. The van der Waals surface area contributed by atoms with Gasteiger partial charge in [0.1, 0.15) is 6.10 Å². The zero-order chi connectivity index (χ0) is 22.1. The number of benzene rings is 2. The van der Waals surface area contributed by atoms with Crippen molar-refractivity contribution in [3.05, 3.63) is 65.7 Å². The number of hydrogen-bond acceptors (Lipinski definition) is 3. The van der Waals surface area contributed by atoms with Gasteiger partial charge in [-0.05, 0) is 58.6 Å². The zero-order valence-electron chi connectivity index (χ0n) is 18.8. The lowest BCUT2D eigenvalue weighted by Crippen LogP contribution is -2.48. The number of ether oxygens (including phenoxy) is 1. The first kappa shape index (κ1) is 22.5. The van der Waals surface area contributed by atoms with Crippen LogP contribution in [0.5, 0.6) is 0 Å². The average molecular weight is 441 g/mol. The highest BCUT2D eigenvalue weighted by molar-refractivity contribution is 6.30. The van der Waals surface area contributed by atoms with Crippen LogP contribution in [0.15, 0.2) is 55.1 Å². The van der Waals surface area contributed by atoms with E-state index in [4.69, 9.17) is 26.1 Å². The van der Waals surface area contributed by atoms with Crippen molar-refractivity contribution in [3.8, 4) is 11.1 Å². The van der Waals surface area contributed by atoms with E-state index >= 15 is 0 Å². The molecule has 0 N–H and O–H groups in total. The van der Waals surface area contributed by atoms with Gasteiger partial charge in [-0.1, -0.05) is 81.8 Å². The van der Waals surface area contributed by atoms with Gasteiger partial charge in [-0.2, -0.15) is 0 Å². The molecule has 166 valence electrons. The third-order valence-corrected chi connectivity index (χ3v) is 7.65. The van der Waals surface area contributed by atoms with Crippen molar-refractivity contribution in [1.82, 2.24) is 0 Å². The van der Waals surface area contributed by atoms with Crippen molar-refractivity contribution in [2.75, 3.05) is 6.61 Å². The molecule has 2 aromatic carbocycles. The second-order valence-electron chi connectivity index (χ2n) is 9.62. The summed E-state index contributed by atoms with van der Waals surface area (Å²) in [5.41, 5.74) is 4.53. The summed E-state index contributed by atoms with van der Waals surface area (Å²) in [5.74, 6) is 0.123. The lowest BCUT2D eigenvalue weighted by Gasteiger charge is -2.46. The van der Waals surface area contributed by atoms with E-state index in [0.29, 0.717) is 17.9 Å². The van der Waals surface area contributed by atoms with E-state index in [9.17, 15) is 0 Å². The lowest BCUT2D eigenvalue weighted by atomic mass is 9.68. The topological polar surface area (TPSA) is 27.7 Å². The fourth-order valence-corrected chi connectivity index (χ4v) is 4.77. The number of rotatable bonds is 5. The molecule has 31 heavy (non-hydrogen) atoms. The minimum atomic E-state index is -0.588. The van der Waals surface area contributed by atoms with Crippen molar-refractivity contribution in [3.63, 3.8) is 0 Å². The van der Waals surface area contributed by atoms with Gasteiger partial charge >= 0.3 is 0 Å². The molecule has 4 rings (SSSR count). The summed E-state index contributed by atoms with van der Waals surface area (Å²) in [6, 6.07) is 16.2. The van der Waals surface area contributed by atoms with Gasteiger partial charge in [0.05, 0.1) is 6.61 Å². The van der Waals surface area contributed by atoms with Crippen LogP contribution < -0.4 is 0 Å². The van der Waals surface area contributed by atoms with E-state index in [1.54, 1.807) is 0 Å². The van der Waals surface area contributed by atoms with Gasteiger partial charge < -0.3 is 4.74 Å². The Morgan fingerprint density at radius 2 is 1.61 bits per heavy atom. The van der Waals surface area contributed by atoms with Crippen LogP contribution >= 0.6 is 11.6 Å². The Morgan fingerprint density at radius 3 is 2.13 bits per heavy atom. The molecule has 0 radical (unpaired) electrons. The third-order valence-electron chi connectivity index (χ3n) is 7.40. The Bertz CT molecular complexity index is 883. The second kappa shape index (κ2) is 9.07. The molecule has 1 spiro atoms. The predicted octanol–water partition coefficient (Wildman–Crippen LogP) is 7.69. The fourth-order valence-electron chi connectivity index (χ4n) is 4.64. The first-order valence-electron chi connectivity index (χ1n) is 11.4. The summed E-state index contributed by atoms with van der Waals surface area (Å²) in [7, 11) is 0. The van der Waals surface area contributed by atoms with Crippen molar-refractivity contribution in [1.29, 1.82) is 0 Å². The fraction of sp³-hybridized carbons (Fsp3) is 0.481. The maximum absolute atomic E-state index is 6.24. The molecule has 1 unspecified atom stereocenters. The maximum Gasteiger partial charge on any atom is 0.201 e. The highest BCUT2D eigenvalue weighted by atomic mass is 35.5. The van der Waals surface area contributed by atoms with Crippen molar-refractivity contribution < 1.29 is 14.5 Å². The minimum Gasteiger partial charge on any atom is -0.344 e. The molecule has 2 aliphatic rings. The second-order valence-corrected chi connectivity index (χ2v) is 10.1. The van der Waals surface area contributed by atoms with E-state index < -0.39 is 5.79 Å².